The minimum absolute atomic E-state index is 0.543. The smallest absolute Gasteiger partial charge is 0.427 e. The average molecular weight is 849 g/mol. The van der Waals surface area contributed by atoms with Crippen LogP contribution in [0.3, 0.4) is 0 Å². The first-order valence-corrected chi connectivity index (χ1v) is 24.3. The maximum Gasteiger partial charge on any atom is 0.443 e. The molecule has 0 fully saturated rings. The van der Waals surface area contributed by atoms with Crippen LogP contribution >= 0.6 is 24.7 Å². The van der Waals surface area contributed by atoms with Gasteiger partial charge in [0.25, 0.3) is 0 Å². The fraction of sp³-hybridized carbons (Fsp3) is 0.250. The van der Waals surface area contributed by atoms with Gasteiger partial charge in [-0.25, -0.2) is 0 Å². The first-order chi connectivity index (χ1) is 28.8. The highest BCUT2D eigenvalue weighted by molar-refractivity contribution is 7.71. The molecule has 8 nitrogen and oxygen atoms in total. The van der Waals surface area contributed by atoms with E-state index in [0.29, 0.717) is 34.5 Å². The molecular weight excluding hydrogens is 793 g/mol. The second kappa shape index (κ2) is 22.0. The van der Waals surface area contributed by atoms with Gasteiger partial charge >= 0.3 is 24.7 Å². The van der Waals surface area contributed by atoms with Crippen LogP contribution in [0.15, 0.2) is 150 Å². The number of benzene rings is 6. The summed E-state index contributed by atoms with van der Waals surface area (Å²) < 4.78 is 46.2. The number of hydrogen-bond donors (Lipinski definition) is 1. The monoisotopic (exact) mass is 848 g/mol. The van der Waals surface area contributed by atoms with Crippen LogP contribution < -0.4 is 32.0 Å². The second-order valence-corrected chi connectivity index (χ2v) is 18.4. The SMILES string of the molecule is CCc1ccc(OP(N=P(NP(Oc2ccc(CC)cc2)Oc2ccc(CC)cc2)(Oc2ccc(CC)cc2)Oc2ccc(CC)cc2)Oc2ccc(CC)cc2)cc1. The lowest BCUT2D eigenvalue weighted by Gasteiger charge is -2.29. The highest BCUT2D eigenvalue weighted by Gasteiger charge is 2.38. The number of hydrogen-bond acceptors (Lipinski definition) is 7. The van der Waals surface area contributed by atoms with E-state index in [9.17, 15) is 0 Å². The Morgan fingerprint density at radius 3 is 0.847 bits per heavy atom. The number of rotatable bonds is 21. The summed E-state index contributed by atoms with van der Waals surface area (Å²) in [5, 5.41) is 0. The van der Waals surface area contributed by atoms with Crippen LogP contribution in [0.25, 0.3) is 0 Å². The predicted octanol–water partition coefficient (Wildman–Crippen LogP) is 14.8. The van der Waals surface area contributed by atoms with Crippen molar-refractivity contribution in [3.63, 3.8) is 0 Å². The van der Waals surface area contributed by atoms with E-state index in [2.05, 4.69) is 70.7 Å². The van der Waals surface area contributed by atoms with E-state index in [1.54, 1.807) is 0 Å². The Morgan fingerprint density at radius 1 is 0.356 bits per heavy atom. The van der Waals surface area contributed by atoms with Crippen molar-refractivity contribution >= 4 is 24.7 Å². The molecule has 0 atom stereocenters. The number of nitrogens with one attached hydrogen (secondary N) is 1. The zero-order chi connectivity index (χ0) is 41.5. The van der Waals surface area contributed by atoms with Crippen molar-refractivity contribution in [2.24, 2.45) is 4.52 Å². The van der Waals surface area contributed by atoms with Crippen LogP contribution in [0.2, 0.25) is 0 Å². The van der Waals surface area contributed by atoms with Gasteiger partial charge in [-0.3, -0.25) is 0 Å². The molecule has 0 amide bonds. The first-order valence-electron chi connectivity index (χ1n) is 20.5. The summed E-state index contributed by atoms with van der Waals surface area (Å²) in [6, 6.07) is 47.9. The summed E-state index contributed by atoms with van der Waals surface area (Å²) in [5.74, 6) is 3.52. The van der Waals surface area contributed by atoms with Crippen molar-refractivity contribution in [3.8, 4) is 34.5 Å². The highest BCUT2D eigenvalue weighted by atomic mass is 31.3. The van der Waals surface area contributed by atoms with Gasteiger partial charge in [-0.15, -0.1) is 9.37 Å². The van der Waals surface area contributed by atoms with Gasteiger partial charge in [-0.2, -0.15) is 0 Å². The van der Waals surface area contributed by atoms with Crippen LogP contribution in [0.4, 0.5) is 0 Å². The van der Waals surface area contributed by atoms with Crippen molar-refractivity contribution in [1.29, 1.82) is 0 Å². The van der Waals surface area contributed by atoms with Gasteiger partial charge < -0.3 is 27.1 Å². The minimum atomic E-state index is -3.78. The zero-order valence-electron chi connectivity index (χ0n) is 34.8. The molecule has 6 aromatic rings. The average Bonchev–Trinajstić information content (AvgIpc) is 3.28. The van der Waals surface area contributed by atoms with Gasteiger partial charge in [-0.05, 0) is 145 Å². The summed E-state index contributed by atoms with van der Waals surface area (Å²) in [7, 11) is -7.96. The van der Waals surface area contributed by atoms with Crippen molar-refractivity contribution in [3.05, 3.63) is 179 Å². The van der Waals surface area contributed by atoms with Gasteiger partial charge in [0.05, 0.1) is 0 Å². The summed E-state index contributed by atoms with van der Waals surface area (Å²) in [5.41, 5.74) is 7.10. The largest absolute Gasteiger partial charge is 0.443 e. The van der Waals surface area contributed by atoms with E-state index >= 15 is 0 Å². The number of aryl methyl sites for hydroxylation is 6. The quantitative estimate of drug-likeness (QED) is 0.0723. The van der Waals surface area contributed by atoms with E-state index in [0.717, 1.165) is 38.5 Å². The van der Waals surface area contributed by atoms with Crippen LogP contribution in [-0.2, 0) is 38.5 Å². The lowest BCUT2D eigenvalue weighted by molar-refractivity contribution is 0.447. The molecule has 0 unspecified atom stereocenters. The Kier molecular flexibility index (Phi) is 16.3. The van der Waals surface area contributed by atoms with Crippen LogP contribution in [0.5, 0.6) is 34.5 Å². The maximum atomic E-state index is 7.04. The molecule has 0 aliphatic carbocycles. The predicted molar refractivity (Wildman–Crippen MR) is 245 cm³/mol. The van der Waals surface area contributed by atoms with Crippen molar-refractivity contribution in [2.45, 2.75) is 80.1 Å². The summed E-state index contributed by atoms with van der Waals surface area (Å²) >= 11 is 0. The molecule has 0 heterocycles. The molecule has 6 aromatic carbocycles. The summed E-state index contributed by atoms with van der Waals surface area (Å²) in [6.07, 6.45) is 5.37. The number of nitrogens with zero attached hydrogens (tertiary/aromatic N) is 1. The van der Waals surface area contributed by atoms with Crippen molar-refractivity contribution in [2.75, 3.05) is 0 Å². The Bertz CT molecular complexity index is 2070. The molecule has 308 valence electrons. The molecule has 0 saturated carbocycles. The third-order valence-corrected chi connectivity index (χ3v) is 15.2. The third-order valence-electron chi connectivity index (χ3n) is 9.59. The van der Waals surface area contributed by atoms with Crippen molar-refractivity contribution < 1.29 is 27.1 Å². The Hall–Kier alpha value is -4.83. The van der Waals surface area contributed by atoms with Crippen molar-refractivity contribution in [1.82, 2.24) is 4.86 Å². The molecule has 0 aliphatic heterocycles. The summed E-state index contributed by atoms with van der Waals surface area (Å²) in [4.78, 5) is 3.59. The van der Waals surface area contributed by atoms with Crippen LogP contribution in [0, 0.1) is 0 Å². The molecule has 0 spiro atoms. The second-order valence-electron chi connectivity index (χ2n) is 13.7. The fourth-order valence-electron chi connectivity index (χ4n) is 5.80. The van der Waals surface area contributed by atoms with Gasteiger partial charge in [-0.1, -0.05) is 114 Å². The zero-order valence-corrected chi connectivity index (χ0v) is 37.5. The maximum absolute atomic E-state index is 7.04. The van der Waals surface area contributed by atoms with Crippen LogP contribution in [0.1, 0.15) is 74.9 Å². The molecule has 0 bridgehead atoms. The van der Waals surface area contributed by atoms with Gasteiger partial charge in [0, 0.05) is 0 Å². The first kappa shape index (κ1) is 43.7. The van der Waals surface area contributed by atoms with Gasteiger partial charge in [0.1, 0.15) is 34.5 Å². The molecule has 11 heteroatoms. The summed E-state index contributed by atoms with van der Waals surface area (Å²) in [6.45, 7) is 12.7. The molecule has 0 aliphatic rings. The Labute approximate surface area is 353 Å². The fourth-order valence-corrected chi connectivity index (χ4v) is 11.3. The third kappa shape index (κ3) is 13.1. The lowest BCUT2D eigenvalue weighted by Crippen LogP contribution is -2.19. The Morgan fingerprint density at radius 2 is 0.593 bits per heavy atom. The van der Waals surface area contributed by atoms with E-state index in [4.69, 9.17) is 31.7 Å². The molecular formula is C48H55N2O6P3. The standard InChI is InChI=1S/C48H55N2O6P3/c1-7-37-13-25-43(26-14-37)51-57(52-44-27-15-38(8-2)16-28-44)49-59(55-47-33-21-41(11-5)22-34-47,56-48-35-23-42(12-6)24-36-48)50-58(53-45-29-17-39(9-3)18-30-45)54-46-31-19-40(10-4)20-32-46/h13-36,49H,7-12H2,1-6H3. The Balaban J connectivity index is 1.53. The molecule has 6 rings (SSSR count). The van der Waals surface area contributed by atoms with E-state index in [1.165, 1.54) is 33.4 Å². The van der Waals surface area contributed by atoms with Crippen LogP contribution in [-0.4, -0.2) is 0 Å². The molecule has 59 heavy (non-hydrogen) atoms. The topological polar surface area (TPSA) is 79.8 Å². The van der Waals surface area contributed by atoms with E-state index in [1.807, 2.05) is 121 Å². The highest BCUT2D eigenvalue weighted by Crippen LogP contribution is 2.61. The lowest BCUT2D eigenvalue weighted by atomic mass is 10.2. The van der Waals surface area contributed by atoms with Gasteiger partial charge in [0.15, 0.2) is 0 Å². The van der Waals surface area contributed by atoms with E-state index < -0.39 is 24.7 Å². The van der Waals surface area contributed by atoms with E-state index in [-0.39, 0.29) is 0 Å². The molecule has 0 saturated heterocycles. The molecule has 0 radical (unpaired) electrons. The minimum Gasteiger partial charge on any atom is -0.427 e. The van der Waals surface area contributed by atoms with Gasteiger partial charge in [0.2, 0.25) is 0 Å². The molecule has 0 aromatic heterocycles. The normalized spacial score (nSPS) is 11.3. The molecule has 1 N–H and O–H groups in total.